The average molecular weight is 267 g/mol. The van der Waals surface area contributed by atoms with Gasteiger partial charge in [0, 0.05) is 12.6 Å². The van der Waals surface area contributed by atoms with Gasteiger partial charge in [0.05, 0.1) is 12.5 Å². The molecular weight excluding hydrogens is 242 g/mol. The quantitative estimate of drug-likeness (QED) is 0.785. The van der Waals surface area contributed by atoms with E-state index in [1.165, 1.54) is 0 Å². The zero-order chi connectivity index (χ0) is 14.4. The molecule has 1 saturated carbocycles. The molecule has 3 unspecified atom stereocenters. The zero-order valence-electron chi connectivity index (χ0n) is 12.1. The Balaban J connectivity index is 2.11. The molecule has 2 aliphatic rings. The summed E-state index contributed by atoms with van der Waals surface area (Å²) in [6.45, 7) is 7.52. The average Bonchev–Trinajstić information content (AvgIpc) is 2.45. The highest BCUT2D eigenvalue weighted by Crippen LogP contribution is 2.52. The van der Waals surface area contributed by atoms with Crippen molar-refractivity contribution in [2.75, 3.05) is 6.54 Å². The Labute approximate surface area is 114 Å². The normalized spacial score (nSPS) is 34.1. The van der Waals surface area contributed by atoms with Crippen LogP contribution in [0.4, 0.5) is 0 Å². The highest BCUT2D eigenvalue weighted by Gasteiger charge is 2.51. The van der Waals surface area contributed by atoms with Crippen LogP contribution in [-0.4, -0.2) is 35.3 Å². The third kappa shape index (κ3) is 2.91. The van der Waals surface area contributed by atoms with E-state index in [2.05, 4.69) is 20.8 Å². The molecule has 3 atom stereocenters. The van der Waals surface area contributed by atoms with Crippen molar-refractivity contribution in [3.05, 3.63) is 0 Å². The van der Waals surface area contributed by atoms with Gasteiger partial charge in [0.1, 0.15) is 0 Å². The third-order valence-electron chi connectivity index (χ3n) is 4.44. The summed E-state index contributed by atoms with van der Waals surface area (Å²) in [6, 6.07) is -0.524. The SMILES string of the molecule is CC1(C)CC2CC(C)(CN2C(=O)C(N)CC(N)=O)C1. The molecule has 0 aromatic carbocycles. The third-order valence-corrected chi connectivity index (χ3v) is 4.44. The van der Waals surface area contributed by atoms with Crippen LogP contribution >= 0.6 is 0 Å². The largest absolute Gasteiger partial charge is 0.370 e. The smallest absolute Gasteiger partial charge is 0.240 e. The van der Waals surface area contributed by atoms with Crippen molar-refractivity contribution < 1.29 is 9.59 Å². The summed E-state index contributed by atoms with van der Waals surface area (Å²) in [4.78, 5) is 25.2. The van der Waals surface area contributed by atoms with Crippen LogP contribution in [0.3, 0.4) is 0 Å². The molecule has 1 aliphatic carbocycles. The minimum Gasteiger partial charge on any atom is -0.370 e. The molecule has 2 fully saturated rings. The zero-order valence-corrected chi connectivity index (χ0v) is 12.1. The summed E-state index contributed by atoms with van der Waals surface area (Å²) in [7, 11) is 0. The number of nitrogens with zero attached hydrogens (tertiary/aromatic N) is 1. The maximum absolute atomic E-state index is 12.4. The molecule has 0 aromatic rings. The van der Waals surface area contributed by atoms with Gasteiger partial charge in [-0.1, -0.05) is 20.8 Å². The standard InChI is InChI=1S/C14H25N3O2/c1-13(2)5-9-6-14(3,7-13)8-17(9)12(19)10(15)4-11(16)18/h9-10H,4-8,15H2,1-3H3,(H2,16,18). The molecule has 4 N–H and O–H groups in total. The molecule has 5 nitrogen and oxygen atoms in total. The number of carbonyl (C=O) groups is 2. The minimum absolute atomic E-state index is 0.0673. The Morgan fingerprint density at radius 1 is 1.32 bits per heavy atom. The van der Waals surface area contributed by atoms with Gasteiger partial charge in [-0.15, -0.1) is 0 Å². The van der Waals surface area contributed by atoms with Gasteiger partial charge < -0.3 is 16.4 Å². The molecular formula is C14H25N3O2. The molecule has 2 bridgehead atoms. The van der Waals surface area contributed by atoms with Crippen molar-refractivity contribution in [1.29, 1.82) is 0 Å². The van der Waals surface area contributed by atoms with Crippen molar-refractivity contribution in [2.24, 2.45) is 22.3 Å². The Kier molecular flexibility index (Phi) is 3.37. The van der Waals surface area contributed by atoms with E-state index in [4.69, 9.17) is 11.5 Å². The number of hydrogen-bond acceptors (Lipinski definition) is 3. The highest BCUT2D eigenvalue weighted by atomic mass is 16.2. The first kappa shape index (κ1) is 14.3. The Bertz CT molecular complexity index is 407. The van der Waals surface area contributed by atoms with Crippen LogP contribution in [0.2, 0.25) is 0 Å². The van der Waals surface area contributed by atoms with Gasteiger partial charge in [0.25, 0.3) is 0 Å². The molecule has 0 aromatic heterocycles. The van der Waals surface area contributed by atoms with E-state index in [0.29, 0.717) is 0 Å². The lowest BCUT2D eigenvalue weighted by atomic mass is 9.65. The first-order valence-electron chi connectivity index (χ1n) is 6.96. The lowest BCUT2D eigenvalue weighted by Gasteiger charge is -2.39. The van der Waals surface area contributed by atoms with E-state index in [1.54, 1.807) is 0 Å². The van der Waals surface area contributed by atoms with Crippen LogP contribution in [0.5, 0.6) is 0 Å². The van der Waals surface area contributed by atoms with Gasteiger partial charge in [0.2, 0.25) is 11.8 Å². The lowest BCUT2D eigenvalue weighted by molar-refractivity contribution is -0.135. The van der Waals surface area contributed by atoms with Crippen LogP contribution in [0.25, 0.3) is 0 Å². The van der Waals surface area contributed by atoms with Gasteiger partial charge in [-0.3, -0.25) is 9.59 Å². The number of carbonyl (C=O) groups excluding carboxylic acids is 2. The first-order chi connectivity index (χ1) is 8.62. The first-order valence-corrected chi connectivity index (χ1v) is 6.96. The highest BCUT2D eigenvalue weighted by molar-refractivity contribution is 5.88. The van der Waals surface area contributed by atoms with Crippen LogP contribution < -0.4 is 11.5 Å². The maximum Gasteiger partial charge on any atom is 0.240 e. The topological polar surface area (TPSA) is 89.4 Å². The molecule has 108 valence electrons. The summed E-state index contributed by atoms with van der Waals surface area (Å²) >= 11 is 0. The Morgan fingerprint density at radius 2 is 1.95 bits per heavy atom. The van der Waals surface area contributed by atoms with Crippen LogP contribution in [0.1, 0.15) is 46.5 Å². The van der Waals surface area contributed by atoms with E-state index in [9.17, 15) is 9.59 Å². The van der Waals surface area contributed by atoms with Crippen LogP contribution in [0.15, 0.2) is 0 Å². The molecule has 2 amide bonds. The summed E-state index contributed by atoms with van der Waals surface area (Å²) in [6.07, 6.45) is 3.12. The number of primary amides is 1. The molecule has 1 aliphatic heterocycles. The van der Waals surface area contributed by atoms with Crippen molar-refractivity contribution in [2.45, 2.75) is 58.5 Å². The predicted molar refractivity (Wildman–Crippen MR) is 73.0 cm³/mol. The second kappa shape index (κ2) is 4.47. The van der Waals surface area contributed by atoms with E-state index in [-0.39, 0.29) is 29.2 Å². The van der Waals surface area contributed by atoms with E-state index in [0.717, 1.165) is 25.8 Å². The van der Waals surface area contributed by atoms with Crippen LogP contribution in [0, 0.1) is 10.8 Å². The molecule has 1 heterocycles. The van der Waals surface area contributed by atoms with Gasteiger partial charge in [-0.2, -0.15) is 0 Å². The van der Waals surface area contributed by atoms with Gasteiger partial charge in [-0.25, -0.2) is 0 Å². The Morgan fingerprint density at radius 3 is 2.53 bits per heavy atom. The second-order valence-electron chi connectivity index (χ2n) is 7.46. The summed E-state index contributed by atoms with van der Waals surface area (Å²) in [5.41, 5.74) is 11.4. The fourth-order valence-electron chi connectivity index (χ4n) is 4.23. The van der Waals surface area contributed by atoms with Crippen molar-refractivity contribution in [3.8, 4) is 0 Å². The van der Waals surface area contributed by atoms with Gasteiger partial charge >= 0.3 is 0 Å². The maximum atomic E-state index is 12.4. The van der Waals surface area contributed by atoms with Gasteiger partial charge in [-0.05, 0) is 30.1 Å². The lowest BCUT2D eigenvalue weighted by Crippen LogP contribution is -2.48. The molecule has 5 heteroatoms. The number of amides is 2. The fraction of sp³-hybridized carbons (Fsp3) is 0.857. The van der Waals surface area contributed by atoms with Crippen molar-refractivity contribution in [3.63, 3.8) is 0 Å². The van der Waals surface area contributed by atoms with Crippen LogP contribution in [-0.2, 0) is 9.59 Å². The minimum atomic E-state index is -0.788. The monoisotopic (exact) mass is 267 g/mol. The fourth-order valence-corrected chi connectivity index (χ4v) is 4.23. The summed E-state index contributed by atoms with van der Waals surface area (Å²) in [5.74, 6) is -0.639. The second-order valence-corrected chi connectivity index (χ2v) is 7.46. The van der Waals surface area contributed by atoms with E-state index < -0.39 is 11.9 Å². The number of likely N-dealkylation sites (tertiary alicyclic amines) is 1. The summed E-state index contributed by atoms with van der Waals surface area (Å²) < 4.78 is 0. The number of nitrogens with two attached hydrogens (primary N) is 2. The van der Waals surface area contributed by atoms with E-state index >= 15 is 0 Å². The molecule has 2 rings (SSSR count). The molecule has 0 spiro atoms. The molecule has 0 radical (unpaired) electrons. The molecule has 1 saturated heterocycles. The van der Waals surface area contributed by atoms with Crippen molar-refractivity contribution >= 4 is 11.8 Å². The predicted octanol–water partition coefficient (Wildman–Crippen LogP) is 0.616. The van der Waals surface area contributed by atoms with Gasteiger partial charge in [0.15, 0.2) is 0 Å². The number of hydrogen-bond donors (Lipinski definition) is 2. The molecule has 19 heavy (non-hydrogen) atoms. The number of fused-ring (bicyclic) bond motifs is 2. The van der Waals surface area contributed by atoms with Crippen molar-refractivity contribution in [1.82, 2.24) is 4.90 Å². The number of rotatable bonds is 3. The summed E-state index contributed by atoms with van der Waals surface area (Å²) in [5, 5.41) is 0. The Hall–Kier alpha value is -1.10. The van der Waals surface area contributed by atoms with E-state index in [1.807, 2.05) is 4.90 Å².